The van der Waals surface area contributed by atoms with Crippen LogP contribution in [0, 0.1) is 0 Å². The number of carbonyl (C=O) groups excluding carboxylic acids is 1. The van der Waals surface area contributed by atoms with Crippen molar-refractivity contribution >= 4 is 5.78 Å². The predicted octanol–water partition coefficient (Wildman–Crippen LogP) is 4.56. The third kappa shape index (κ3) is 4.35. The summed E-state index contributed by atoms with van der Waals surface area (Å²) in [5.41, 5.74) is 1.94. The molecule has 0 saturated heterocycles. The van der Waals surface area contributed by atoms with Crippen LogP contribution < -0.4 is 9.47 Å². The summed E-state index contributed by atoms with van der Waals surface area (Å²) in [5, 5.41) is 0. The van der Waals surface area contributed by atoms with Crippen LogP contribution in [0.2, 0.25) is 0 Å². The van der Waals surface area contributed by atoms with Crippen molar-refractivity contribution in [2.45, 2.75) is 46.0 Å². The summed E-state index contributed by atoms with van der Waals surface area (Å²) in [7, 11) is 0. The number of hydrogen-bond acceptors (Lipinski definition) is 3. The molecule has 0 aromatic heterocycles. The van der Waals surface area contributed by atoms with E-state index in [0.29, 0.717) is 30.3 Å². The maximum absolute atomic E-state index is 12.4. The molecule has 0 heterocycles. The van der Waals surface area contributed by atoms with Crippen molar-refractivity contribution in [1.29, 1.82) is 0 Å². The maximum atomic E-state index is 12.4. The summed E-state index contributed by atoms with van der Waals surface area (Å²) in [4.78, 5) is 12.4. The summed E-state index contributed by atoms with van der Waals surface area (Å²) in [6, 6.07) is 5.42. The lowest BCUT2D eigenvalue weighted by atomic mass is 9.93. The van der Waals surface area contributed by atoms with Crippen LogP contribution in [-0.2, 0) is 0 Å². The molecule has 1 aliphatic rings. The van der Waals surface area contributed by atoms with Crippen LogP contribution in [0.15, 0.2) is 29.8 Å². The first kappa shape index (κ1) is 15.6. The van der Waals surface area contributed by atoms with Gasteiger partial charge in [-0.3, -0.25) is 4.79 Å². The lowest BCUT2D eigenvalue weighted by molar-refractivity contribution is 0.104. The molecule has 0 N–H and O–H groups in total. The number of benzene rings is 1. The Morgan fingerprint density at radius 3 is 2.38 bits per heavy atom. The van der Waals surface area contributed by atoms with Crippen LogP contribution in [0.25, 0.3) is 0 Å². The van der Waals surface area contributed by atoms with Gasteiger partial charge in [-0.1, -0.05) is 12.0 Å². The molecule has 0 amide bonds. The van der Waals surface area contributed by atoms with Crippen LogP contribution in [0.1, 0.15) is 56.3 Å². The number of allylic oxidation sites excluding steroid dienone is 2. The Hall–Kier alpha value is -1.77. The fourth-order valence-electron chi connectivity index (χ4n) is 2.62. The minimum Gasteiger partial charge on any atom is -0.490 e. The van der Waals surface area contributed by atoms with Gasteiger partial charge in [-0.05, 0) is 63.8 Å². The van der Waals surface area contributed by atoms with E-state index in [9.17, 15) is 4.79 Å². The first-order chi connectivity index (χ1) is 10.2. The maximum Gasteiger partial charge on any atom is 0.185 e. The summed E-state index contributed by atoms with van der Waals surface area (Å²) in [6.07, 6.45) is 7.61. The minimum absolute atomic E-state index is 0.0656. The SMILES string of the molecule is CCOc1ccc(C(=O)C=C2CCCCC2)cc1OCC. The highest BCUT2D eigenvalue weighted by atomic mass is 16.5. The second-order valence-corrected chi connectivity index (χ2v) is 5.26. The van der Waals surface area contributed by atoms with Gasteiger partial charge in [-0.25, -0.2) is 0 Å². The first-order valence-electron chi connectivity index (χ1n) is 7.88. The Bertz CT molecular complexity index is 509. The van der Waals surface area contributed by atoms with Gasteiger partial charge in [0.25, 0.3) is 0 Å². The molecule has 0 radical (unpaired) electrons. The van der Waals surface area contributed by atoms with E-state index in [1.807, 2.05) is 32.1 Å². The van der Waals surface area contributed by atoms with Crippen LogP contribution in [-0.4, -0.2) is 19.0 Å². The molecule has 1 aromatic rings. The zero-order valence-electron chi connectivity index (χ0n) is 13.0. The van der Waals surface area contributed by atoms with E-state index in [4.69, 9.17) is 9.47 Å². The molecule has 1 aromatic carbocycles. The number of ether oxygens (including phenoxy) is 2. The van der Waals surface area contributed by atoms with Crippen molar-refractivity contribution in [2.24, 2.45) is 0 Å². The quantitative estimate of drug-likeness (QED) is 0.568. The van der Waals surface area contributed by atoms with E-state index in [1.165, 1.54) is 24.8 Å². The van der Waals surface area contributed by atoms with E-state index in [1.54, 1.807) is 6.07 Å². The van der Waals surface area contributed by atoms with Crippen molar-refractivity contribution < 1.29 is 14.3 Å². The molecule has 1 fully saturated rings. The van der Waals surface area contributed by atoms with Crippen molar-refractivity contribution in [3.05, 3.63) is 35.4 Å². The summed E-state index contributed by atoms with van der Waals surface area (Å²) in [5.74, 6) is 1.41. The fourth-order valence-corrected chi connectivity index (χ4v) is 2.62. The number of hydrogen-bond donors (Lipinski definition) is 0. The van der Waals surface area contributed by atoms with Gasteiger partial charge in [-0.15, -0.1) is 0 Å². The largest absolute Gasteiger partial charge is 0.490 e. The highest BCUT2D eigenvalue weighted by Gasteiger charge is 2.12. The van der Waals surface area contributed by atoms with E-state index < -0.39 is 0 Å². The fraction of sp³-hybridized carbons (Fsp3) is 0.500. The number of carbonyl (C=O) groups is 1. The minimum atomic E-state index is 0.0656. The van der Waals surface area contributed by atoms with Crippen molar-refractivity contribution in [2.75, 3.05) is 13.2 Å². The Kier molecular flexibility index (Phi) is 5.85. The second-order valence-electron chi connectivity index (χ2n) is 5.26. The van der Waals surface area contributed by atoms with E-state index in [2.05, 4.69) is 0 Å². The summed E-state index contributed by atoms with van der Waals surface area (Å²) in [6.45, 7) is 4.99. The smallest absolute Gasteiger partial charge is 0.185 e. The summed E-state index contributed by atoms with van der Waals surface area (Å²) >= 11 is 0. The van der Waals surface area contributed by atoms with Gasteiger partial charge >= 0.3 is 0 Å². The lowest BCUT2D eigenvalue weighted by Gasteiger charge is -2.14. The molecule has 1 aliphatic carbocycles. The van der Waals surface area contributed by atoms with Crippen molar-refractivity contribution in [3.8, 4) is 11.5 Å². The van der Waals surface area contributed by atoms with Gasteiger partial charge in [0.1, 0.15) is 0 Å². The topological polar surface area (TPSA) is 35.5 Å². The van der Waals surface area contributed by atoms with Gasteiger partial charge in [-0.2, -0.15) is 0 Å². The molecule has 21 heavy (non-hydrogen) atoms. The van der Waals surface area contributed by atoms with E-state index in [0.717, 1.165) is 12.8 Å². The monoisotopic (exact) mass is 288 g/mol. The lowest BCUT2D eigenvalue weighted by Crippen LogP contribution is -2.03. The molecule has 114 valence electrons. The Morgan fingerprint density at radius 1 is 1.05 bits per heavy atom. The highest BCUT2D eigenvalue weighted by Crippen LogP contribution is 2.29. The van der Waals surface area contributed by atoms with Crippen LogP contribution in [0.5, 0.6) is 11.5 Å². The van der Waals surface area contributed by atoms with Gasteiger partial charge in [0.2, 0.25) is 0 Å². The third-order valence-electron chi connectivity index (χ3n) is 3.66. The van der Waals surface area contributed by atoms with Crippen molar-refractivity contribution in [1.82, 2.24) is 0 Å². The highest BCUT2D eigenvalue weighted by molar-refractivity contribution is 6.05. The Morgan fingerprint density at radius 2 is 1.71 bits per heavy atom. The predicted molar refractivity (Wildman–Crippen MR) is 84.3 cm³/mol. The average molecular weight is 288 g/mol. The van der Waals surface area contributed by atoms with Crippen LogP contribution in [0.3, 0.4) is 0 Å². The average Bonchev–Trinajstić information content (AvgIpc) is 2.50. The zero-order valence-corrected chi connectivity index (χ0v) is 13.0. The molecule has 0 aliphatic heterocycles. The number of ketones is 1. The Balaban J connectivity index is 2.18. The molecule has 0 atom stereocenters. The standard InChI is InChI=1S/C18H24O3/c1-3-20-17-11-10-15(13-18(17)21-4-2)16(19)12-14-8-6-5-7-9-14/h10-13H,3-9H2,1-2H3. The number of rotatable bonds is 6. The van der Waals surface area contributed by atoms with Crippen LogP contribution in [0.4, 0.5) is 0 Å². The van der Waals surface area contributed by atoms with Gasteiger partial charge in [0, 0.05) is 5.56 Å². The van der Waals surface area contributed by atoms with Gasteiger partial charge < -0.3 is 9.47 Å². The zero-order chi connectivity index (χ0) is 15.1. The van der Waals surface area contributed by atoms with Crippen molar-refractivity contribution in [3.63, 3.8) is 0 Å². The van der Waals surface area contributed by atoms with Gasteiger partial charge in [0.05, 0.1) is 13.2 Å². The third-order valence-corrected chi connectivity index (χ3v) is 3.66. The summed E-state index contributed by atoms with van der Waals surface area (Å²) < 4.78 is 11.1. The molecule has 0 unspecified atom stereocenters. The second kappa shape index (κ2) is 7.87. The van der Waals surface area contributed by atoms with E-state index in [-0.39, 0.29) is 5.78 Å². The normalized spacial score (nSPS) is 14.7. The molecule has 2 rings (SSSR count). The van der Waals surface area contributed by atoms with E-state index >= 15 is 0 Å². The molecule has 0 spiro atoms. The van der Waals surface area contributed by atoms with Crippen LogP contribution >= 0.6 is 0 Å². The molecular weight excluding hydrogens is 264 g/mol. The molecule has 3 nitrogen and oxygen atoms in total. The molecular formula is C18H24O3. The molecule has 0 bridgehead atoms. The Labute approximate surface area is 127 Å². The molecule has 1 saturated carbocycles. The van der Waals surface area contributed by atoms with Gasteiger partial charge in [0.15, 0.2) is 17.3 Å². The first-order valence-corrected chi connectivity index (χ1v) is 7.88. The molecule has 3 heteroatoms.